The number of hydrogen-bond acceptors (Lipinski definition) is 1. The van der Waals surface area contributed by atoms with Gasteiger partial charge in [0.2, 0.25) is 0 Å². The van der Waals surface area contributed by atoms with Crippen molar-refractivity contribution < 1.29 is 0 Å². The predicted molar refractivity (Wildman–Crippen MR) is 78.1 cm³/mol. The Kier molecular flexibility index (Phi) is 5.52. The van der Waals surface area contributed by atoms with E-state index < -0.39 is 0 Å². The highest BCUT2D eigenvalue weighted by molar-refractivity contribution is 9.09. The highest BCUT2D eigenvalue weighted by Gasteiger charge is 2.26. The minimum Gasteiger partial charge on any atom is -0.271 e. The molecule has 4 heteroatoms. The zero-order chi connectivity index (χ0) is 13.1. The van der Waals surface area contributed by atoms with Gasteiger partial charge in [0.05, 0.1) is 16.4 Å². The summed E-state index contributed by atoms with van der Waals surface area (Å²) in [5.74, 6) is 0. The Bertz CT molecular complexity index is 376. The lowest BCUT2D eigenvalue weighted by Crippen LogP contribution is -2.23. The van der Waals surface area contributed by atoms with E-state index in [1.54, 1.807) is 0 Å². The van der Waals surface area contributed by atoms with Crippen LogP contribution in [-0.4, -0.2) is 15.1 Å². The molecule has 1 atom stereocenters. The molecule has 0 amide bonds. The SMILES string of the molecule is CCCC(C)(CBr)Cc1c(Cl)c(CC)nn1C. The Morgan fingerprint density at radius 1 is 1.41 bits per heavy atom. The molecule has 0 spiro atoms. The van der Waals surface area contributed by atoms with Crippen molar-refractivity contribution in [3.63, 3.8) is 0 Å². The van der Waals surface area contributed by atoms with Crippen LogP contribution in [0.2, 0.25) is 5.02 Å². The standard InChI is InChI=1S/C13H22BrClN2/c1-5-7-13(3,9-14)8-11-12(15)10(6-2)16-17(11)4/h5-9H2,1-4H3. The van der Waals surface area contributed by atoms with Crippen LogP contribution in [0.15, 0.2) is 0 Å². The maximum absolute atomic E-state index is 6.39. The molecule has 1 rings (SSSR count). The maximum atomic E-state index is 6.39. The molecule has 0 bridgehead atoms. The van der Waals surface area contributed by atoms with Crippen LogP contribution in [0.25, 0.3) is 0 Å². The minimum atomic E-state index is 0.261. The van der Waals surface area contributed by atoms with Gasteiger partial charge < -0.3 is 0 Å². The smallest absolute Gasteiger partial charge is 0.0849 e. The van der Waals surface area contributed by atoms with Crippen LogP contribution in [0, 0.1) is 5.41 Å². The van der Waals surface area contributed by atoms with Crippen molar-refractivity contribution in [2.75, 3.05) is 5.33 Å². The van der Waals surface area contributed by atoms with Gasteiger partial charge in [-0.05, 0) is 24.7 Å². The molecular formula is C13H22BrClN2. The quantitative estimate of drug-likeness (QED) is 0.711. The van der Waals surface area contributed by atoms with Crippen molar-refractivity contribution in [1.29, 1.82) is 0 Å². The van der Waals surface area contributed by atoms with Gasteiger partial charge in [0.1, 0.15) is 0 Å². The number of aromatic nitrogens is 2. The topological polar surface area (TPSA) is 17.8 Å². The van der Waals surface area contributed by atoms with Crippen molar-refractivity contribution in [1.82, 2.24) is 9.78 Å². The van der Waals surface area contributed by atoms with Crippen LogP contribution in [0.3, 0.4) is 0 Å². The first-order valence-corrected chi connectivity index (χ1v) is 7.73. The van der Waals surface area contributed by atoms with E-state index >= 15 is 0 Å². The Morgan fingerprint density at radius 2 is 2.06 bits per heavy atom. The predicted octanol–water partition coefficient (Wildman–Crippen LogP) is 4.38. The van der Waals surface area contributed by atoms with Gasteiger partial charge in [0.15, 0.2) is 0 Å². The molecule has 0 saturated carbocycles. The summed E-state index contributed by atoms with van der Waals surface area (Å²) in [7, 11) is 1.99. The van der Waals surface area contributed by atoms with Crippen LogP contribution in [-0.2, 0) is 19.9 Å². The largest absolute Gasteiger partial charge is 0.271 e. The lowest BCUT2D eigenvalue weighted by Gasteiger charge is -2.27. The van der Waals surface area contributed by atoms with E-state index in [9.17, 15) is 0 Å². The summed E-state index contributed by atoms with van der Waals surface area (Å²) in [6, 6.07) is 0. The van der Waals surface area contributed by atoms with Crippen LogP contribution < -0.4 is 0 Å². The highest BCUT2D eigenvalue weighted by Crippen LogP contribution is 2.33. The monoisotopic (exact) mass is 320 g/mol. The molecule has 0 aliphatic heterocycles. The van der Waals surface area contributed by atoms with Crippen LogP contribution in [0.4, 0.5) is 0 Å². The molecule has 1 heterocycles. The summed E-state index contributed by atoms with van der Waals surface area (Å²) >= 11 is 10.0. The molecule has 1 unspecified atom stereocenters. The Morgan fingerprint density at radius 3 is 2.47 bits per heavy atom. The molecule has 1 aromatic heterocycles. The van der Waals surface area contributed by atoms with Crippen LogP contribution in [0.5, 0.6) is 0 Å². The first kappa shape index (κ1) is 15.0. The first-order chi connectivity index (χ1) is 7.97. The maximum Gasteiger partial charge on any atom is 0.0849 e. The average Bonchev–Trinajstić information content (AvgIpc) is 2.57. The molecule has 17 heavy (non-hydrogen) atoms. The third kappa shape index (κ3) is 3.47. The van der Waals surface area contributed by atoms with E-state index in [-0.39, 0.29) is 5.41 Å². The lowest BCUT2D eigenvalue weighted by molar-refractivity contribution is 0.332. The molecule has 0 aliphatic rings. The molecule has 0 fully saturated rings. The van der Waals surface area contributed by atoms with Gasteiger partial charge in [-0.25, -0.2) is 0 Å². The number of alkyl halides is 1. The molecule has 0 aromatic carbocycles. The summed E-state index contributed by atoms with van der Waals surface area (Å²) < 4.78 is 1.94. The third-order valence-corrected chi connectivity index (χ3v) is 5.06. The number of halogens is 2. The molecule has 0 aliphatic carbocycles. The van der Waals surface area contributed by atoms with Gasteiger partial charge in [0.25, 0.3) is 0 Å². The van der Waals surface area contributed by atoms with E-state index in [1.165, 1.54) is 18.5 Å². The fourth-order valence-corrected chi connectivity index (χ4v) is 3.06. The second kappa shape index (κ2) is 6.24. The molecule has 0 radical (unpaired) electrons. The van der Waals surface area contributed by atoms with Gasteiger partial charge in [-0.1, -0.05) is 54.7 Å². The summed E-state index contributed by atoms with van der Waals surface area (Å²) in [4.78, 5) is 0. The van der Waals surface area contributed by atoms with Crippen molar-refractivity contribution in [2.24, 2.45) is 12.5 Å². The summed E-state index contributed by atoms with van der Waals surface area (Å²) in [6.45, 7) is 6.62. The number of nitrogens with zero attached hydrogens (tertiary/aromatic N) is 2. The molecular weight excluding hydrogens is 300 g/mol. The Labute approximate surface area is 118 Å². The minimum absolute atomic E-state index is 0.261. The highest BCUT2D eigenvalue weighted by atomic mass is 79.9. The van der Waals surface area contributed by atoms with E-state index in [4.69, 9.17) is 11.6 Å². The lowest BCUT2D eigenvalue weighted by atomic mass is 9.83. The van der Waals surface area contributed by atoms with Crippen molar-refractivity contribution in [2.45, 2.75) is 46.5 Å². The molecule has 98 valence electrons. The van der Waals surface area contributed by atoms with Crippen molar-refractivity contribution in [3.05, 3.63) is 16.4 Å². The molecule has 0 N–H and O–H groups in total. The van der Waals surface area contributed by atoms with Gasteiger partial charge in [-0.15, -0.1) is 0 Å². The average molecular weight is 322 g/mol. The van der Waals surface area contributed by atoms with Gasteiger partial charge in [-0.3, -0.25) is 4.68 Å². The van der Waals surface area contributed by atoms with Gasteiger partial charge in [0, 0.05) is 12.4 Å². The molecule has 0 saturated heterocycles. The normalized spacial score (nSPS) is 14.9. The van der Waals surface area contributed by atoms with Crippen LogP contribution in [0.1, 0.15) is 45.0 Å². The second-order valence-electron chi connectivity index (χ2n) is 5.06. The summed E-state index contributed by atoms with van der Waals surface area (Å²) in [5.41, 5.74) is 2.44. The summed E-state index contributed by atoms with van der Waals surface area (Å²) in [6.07, 6.45) is 4.26. The van der Waals surface area contributed by atoms with E-state index in [0.29, 0.717) is 0 Å². The van der Waals surface area contributed by atoms with Gasteiger partial charge in [-0.2, -0.15) is 5.10 Å². The van der Waals surface area contributed by atoms with Crippen molar-refractivity contribution in [3.8, 4) is 0 Å². The van der Waals surface area contributed by atoms with Gasteiger partial charge >= 0.3 is 0 Å². The Hall–Kier alpha value is -0.0200. The van der Waals surface area contributed by atoms with Crippen LogP contribution >= 0.6 is 27.5 Å². The third-order valence-electron chi connectivity index (χ3n) is 3.27. The fourth-order valence-electron chi connectivity index (χ4n) is 2.22. The molecule has 2 nitrogen and oxygen atoms in total. The number of rotatable bonds is 6. The number of aryl methyl sites for hydroxylation is 2. The van der Waals surface area contributed by atoms with Crippen molar-refractivity contribution >= 4 is 27.5 Å². The Balaban J connectivity index is 2.97. The zero-order valence-corrected chi connectivity index (χ0v) is 13.5. The second-order valence-corrected chi connectivity index (χ2v) is 5.99. The molecule has 1 aromatic rings. The van der Waals surface area contributed by atoms with E-state index in [0.717, 1.165) is 28.9 Å². The zero-order valence-electron chi connectivity index (χ0n) is 11.2. The fraction of sp³-hybridized carbons (Fsp3) is 0.769. The summed E-state index contributed by atoms with van der Waals surface area (Å²) in [5, 5.41) is 6.33. The first-order valence-electron chi connectivity index (χ1n) is 6.23. The van der Waals surface area contributed by atoms with E-state index in [2.05, 4.69) is 41.8 Å². The number of hydrogen-bond donors (Lipinski definition) is 0. The van der Waals surface area contributed by atoms with E-state index in [1.807, 2.05) is 11.7 Å².